The van der Waals surface area contributed by atoms with Crippen molar-refractivity contribution in [1.82, 2.24) is 10.3 Å². The summed E-state index contributed by atoms with van der Waals surface area (Å²) in [5.41, 5.74) is 0. The molecule has 1 aliphatic rings. The van der Waals surface area contributed by atoms with Crippen molar-refractivity contribution in [3.8, 4) is 5.75 Å². The molecule has 1 saturated heterocycles. The van der Waals surface area contributed by atoms with Crippen LogP contribution in [0.3, 0.4) is 0 Å². The second-order valence-electron chi connectivity index (χ2n) is 5.67. The minimum Gasteiger partial charge on any atom is -0.497 e. The second-order valence-corrected chi connectivity index (χ2v) is 5.67. The molecule has 3 rings (SSSR count). The summed E-state index contributed by atoms with van der Waals surface area (Å²) in [6, 6.07) is 8.80. The molecule has 0 aliphatic carbocycles. The van der Waals surface area contributed by atoms with Gasteiger partial charge in [0.05, 0.1) is 7.11 Å². The number of fused-ring (bicyclic) bond motifs is 1. The Labute approximate surface area is 126 Å². The van der Waals surface area contributed by atoms with E-state index in [4.69, 9.17) is 4.74 Å². The molecule has 1 aromatic carbocycles. The predicted molar refractivity (Wildman–Crippen MR) is 87.2 cm³/mol. The highest BCUT2D eigenvalue weighted by Crippen LogP contribution is 2.29. The van der Waals surface area contributed by atoms with E-state index in [2.05, 4.69) is 34.4 Å². The zero-order valence-electron chi connectivity index (χ0n) is 12.8. The maximum Gasteiger partial charge on any atom is 0.136 e. The normalized spacial score (nSPS) is 19.2. The van der Waals surface area contributed by atoms with Crippen LogP contribution in [0, 0.1) is 0 Å². The van der Waals surface area contributed by atoms with Gasteiger partial charge in [-0.2, -0.15) is 0 Å². The summed E-state index contributed by atoms with van der Waals surface area (Å²) in [5.74, 6) is 1.96. The van der Waals surface area contributed by atoms with Crippen molar-refractivity contribution in [2.75, 3.05) is 32.1 Å². The lowest BCUT2D eigenvalue weighted by Gasteiger charge is -2.29. The first-order chi connectivity index (χ1) is 10.3. The number of hydrogen-bond acceptors (Lipinski definition) is 4. The monoisotopic (exact) mass is 285 g/mol. The van der Waals surface area contributed by atoms with E-state index in [-0.39, 0.29) is 0 Å². The van der Waals surface area contributed by atoms with Gasteiger partial charge >= 0.3 is 0 Å². The Morgan fingerprint density at radius 1 is 1.24 bits per heavy atom. The Morgan fingerprint density at radius 3 is 3.00 bits per heavy atom. The summed E-state index contributed by atoms with van der Waals surface area (Å²) >= 11 is 0. The van der Waals surface area contributed by atoms with E-state index >= 15 is 0 Å². The molecule has 4 nitrogen and oxygen atoms in total. The number of anilines is 1. The van der Waals surface area contributed by atoms with Gasteiger partial charge in [-0.05, 0) is 62.0 Å². The van der Waals surface area contributed by atoms with E-state index < -0.39 is 0 Å². The molecule has 0 radical (unpaired) electrons. The SMILES string of the molecule is COc1ccc2c(N(C)C3CCCNCC3)nccc2c1. The molecule has 0 amide bonds. The number of ether oxygens (including phenoxy) is 1. The van der Waals surface area contributed by atoms with Crippen LogP contribution in [0.15, 0.2) is 30.5 Å². The van der Waals surface area contributed by atoms with Crippen molar-refractivity contribution in [3.63, 3.8) is 0 Å². The summed E-state index contributed by atoms with van der Waals surface area (Å²) in [5, 5.41) is 5.84. The number of aromatic nitrogens is 1. The number of pyridine rings is 1. The van der Waals surface area contributed by atoms with E-state index in [1.165, 1.54) is 30.0 Å². The smallest absolute Gasteiger partial charge is 0.136 e. The fourth-order valence-corrected chi connectivity index (χ4v) is 3.11. The van der Waals surface area contributed by atoms with Crippen LogP contribution in [0.2, 0.25) is 0 Å². The average Bonchev–Trinajstić information content (AvgIpc) is 2.82. The van der Waals surface area contributed by atoms with Crippen LogP contribution in [0.5, 0.6) is 5.75 Å². The van der Waals surface area contributed by atoms with Gasteiger partial charge in [0.2, 0.25) is 0 Å². The number of methoxy groups -OCH3 is 1. The Kier molecular flexibility index (Phi) is 4.25. The largest absolute Gasteiger partial charge is 0.497 e. The number of benzene rings is 1. The molecule has 112 valence electrons. The van der Waals surface area contributed by atoms with Gasteiger partial charge in [0.15, 0.2) is 0 Å². The quantitative estimate of drug-likeness (QED) is 0.941. The maximum absolute atomic E-state index is 5.31. The third-order valence-corrected chi connectivity index (χ3v) is 4.38. The van der Waals surface area contributed by atoms with Gasteiger partial charge in [-0.25, -0.2) is 4.98 Å². The summed E-state index contributed by atoms with van der Waals surface area (Å²) < 4.78 is 5.31. The first kappa shape index (κ1) is 14.1. The number of nitrogens with zero attached hydrogens (tertiary/aromatic N) is 2. The third kappa shape index (κ3) is 2.95. The highest BCUT2D eigenvalue weighted by Gasteiger charge is 2.19. The minimum absolute atomic E-state index is 0.556. The van der Waals surface area contributed by atoms with Gasteiger partial charge < -0.3 is 15.0 Å². The second kappa shape index (κ2) is 6.31. The lowest BCUT2D eigenvalue weighted by Crippen LogP contribution is -2.33. The van der Waals surface area contributed by atoms with Crippen LogP contribution in [0.4, 0.5) is 5.82 Å². The first-order valence-electron chi connectivity index (χ1n) is 7.66. The third-order valence-electron chi connectivity index (χ3n) is 4.38. The van der Waals surface area contributed by atoms with Crippen molar-refractivity contribution in [1.29, 1.82) is 0 Å². The van der Waals surface area contributed by atoms with Crippen molar-refractivity contribution in [3.05, 3.63) is 30.5 Å². The number of nitrogens with one attached hydrogen (secondary N) is 1. The van der Waals surface area contributed by atoms with Crippen LogP contribution in [0.1, 0.15) is 19.3 Å². The summed E-state index contributed by atoms with van der Waals surface area (Å²) in [6.45, 7) is 2.22. The molecule has 0 bridgehead atoms. The molecule has 1 aromatic heterocycles. The van der Waals surface area contributed by atoms with Gasteiger partial charge in [0.25, 0.3) is 0 Å². The molecule has 1 N–H and O–H groups in total. The van der Waals surface area contributed by atoms with E-state index in [0.29, 0.717) is 6.04 Å². The predicted octanol–water partition coefficient (Wildman–Crippen LogP) is 2.82. The van der Waals surface area contributed by atoms with Crippen LogP contribution < -0.4 is 15.0 Å². The lowest BCUT2D eigenvalue weighted by atomic mass is 10.1. The standard InChI is InChI=1S/C17H23N3O/c1-20(14-4-3-9-18-10-8-14)17-16-6-5-15(21-2)12-13(16)7-11-19-17/h5-7,11-12,14,18H,3-4,8-10H2,1-2H3. The maximum atomic E-state index is 5.31. The van der Waals surface area contributed by atoms with E-state index in [0.717, 1.165) is 24.7 Å². The van der Waals surface area contributed by atoms with Gasteiger partial charge in [0.1, 0.15) is 11.6 Å². The zero-order valence-corrected chi connectivity index (χ0v) is 12.8. The molecule has 1 aliphatic heterocycles. The summed E-state index contributed by atoms with van der Waals surface area (Å²) in [4.78, 5) is 6.98. The Morgan fingerprint density at radius 2 is 2.14 bits per heavy atom. The Hall–Kier alpha value is -1.81. The lowest BCUT2D eigenvalue weighted by molar-refractivity contribution is 0.415. The Bertz CT molecular complexity index is 606. The molecule has 0 saturated carbocycles. The molecular formula is C17H23N3O. The van der Waals surface area contributed by atoms with Crippen molar-refractivity contribution >= 4 is 16.6 Å². The first-order valence-corrected chi connectivity index (χ1v) is 7.66. The van der Waals surface area contributed by atoms with E-state index in [1.807, 2.05) is 18.3 Å². The molecule has 21 heavy (non-hydrogen) atoms. The van der Waals surface area contributed by atoms with Crippen molar-refractivity contribution in [2.45, 2.75) is 25.3 Å². The number of rotatable bonds is 3. The fraction of sp³-hybridized carbons (Fsp3) is 0.471. The molecule has 0 spiro atoms. The van der Waals surface area contributed by atoms with Crippen LogP contribution in [0.25, 0.3) is 10.8 Å². The Balaban J connectivity index is 1.95. The molecule has 2 aromatic rings. The summed E-state index contributed by atoms with van der Waals surface area (Å²) in [7, 11) is 3.87. The zero-order chi connectivity index (χ0) is 14.7. The molecule has 1 fully saturated rings. The van der Waals surface area contributed by atoms with Gasteiger partial charge in [-0.1, -0.05) is 0 Å². The average molecular weight is 285 g/mol. The topological polar surface area (TPSA) is 37.4 Å². The van der Waals surface area contributed by atoms with Gasteiger partial charge in [-0.15, -0.1) is 0 Å². The minimum atomic E-state index is 0.556. The molecule has 1 unspecified atom stereocenters. The highest BCUT2D eigenvalue weighted by molar-refractivity contribution is 5.93. The van der Waals surface area contributed by atoms with Crippen molar-refractivity contribution < 1.29 is 4.74 Å². The van der Waals surface area contributed by atoms with E-state index in [1.54, 1.807) is 7.11 Å². The molecular weight excluding hydrogens is 262 g/mol. The molecule has 2 heterocycles. The van der Waals surface area contributed by atoms with Crippen LogP contribution in [-0.2, 0) is 0 Å². The van der Waals surface area contributed by atoms with Gasteiger partial charge in [-0.3, -0.25) is 0 Å². The highest BCUT2D eigenvalue weighted by atomic mass is 16.5. The van der Waals surface area contributed by atoms with Crippen LogP contribution in [-0.4, -0.2) is 38.3 Å². The van der Waals surface area contributed by atoms with Crippen LogP contribution >= 0.6 is 0 Å². The van der Waals surface area contributed by atoms with Crippen molar-refractivity contribution in [2.24, 2.45) is 0 Å². The molecule has 1 atom stereocenters. The fourth-order valence-electron chi connectivity index (χ4n) is 3.11. The van der Waals surface area contributed by atoms with Gasteiger partial charge in [0, 0.05) is 24.7 Å². The van der Waals surface area contributed by atoms with E-state index in [9.17, 15) is 0 Å². The molecule has 4 heteroatoms. The summed E-state index contributed by atoms with van der Waals surface area (Å²) in [6.07, 6.45) is 5.51. The number of hydrogen-bond donors (Lipinski definition) is 1.